The van der Waals surface area contributed by atoms with Crippen LogP contribution in [-0.4, -0.2) is 41.1 Å². The van der Waals surface area contributed by atoms with Crippen LogP contribution in [0.4, 0.5) is 5.00 Å². The normalized spacial score (nSPS) is 18.2. The van der Waals surface area contributed by atoms with Crippen LogP contribution in [0.2, 0.25) is 0 Å². The second-order valence-electron chi connectivity index (χ2n) is 4.47. The number of nitrogens with zero attached hydrogens (tertiary/aromatic N) is 2. The standard InChI is InChI=1S/C11H13N3O2S/c1-11(16)6-14(7-11)5-9(15)13-10-8(4-12)2-3-17-10/h2-3,16H,5-7H2,1H3,(H,13,15). The summed E-state index contributed by atoms with van der Waals surface area (Å²) >= 11 is 1.33. The minimum atomic E-state index is -0.666. The van der Waals surface area contributed by atoms with Crippen LogP contribution < -0.4 is 5.32 Å². The second kappa shape index (κ2) is 4.45. The summed E-state index contributed by atoms with van der Waals surface area (Å²) in [5.41, 5.74) is -0.181. The van der Waals surface area contributed by atoms with Crippen LogP contribution in [0.3, 0.4) is 0 Å². The van der Waals surface area contributed by atoms with Gasteiger partial charge in [-0.1, -0.05) is 0 Å². The number of nitriles is 1. The number of thiophene rings is 1. The maximum absolute atomic E-state index is 11.7. The molecule has 6 heteroatoms. The van der Waals surface area contributed by atoms with Crippen molar-refractivity contribution in [2.24, 2.45) is 0 Å². The van der Waals surface area contributed by atoms with Crippen LogP contribution in [0, 0.1) is 11.3 Å². The van der Waals surface area contributed by atoms with E-state index in [4.69, 9.17) is 5.26 Å². The number of nitrogens with one attached hydrogen (secondary N) is 1. The molecule has 2 rings (SSSR count). The van der Waals surface area contributed by atoms with Crippen molar-refractivity contribution in [3.05, 3.63) is 17.0 Å². The zero-order valence-corrected chi connectivity index (χ0v) is 10.3. The molecule has 1 saturated heterocycles. The number of carbonyl (C=O) groups excluding carboxylic acids is 1. The average Bonchev–Trinajstić information content (AvgIpc) is 2.62. The second-order valence-corrected chi connectivity index (χ2v) is 5.38. The Morgan fingerprint density at radius 1 is 1.76 bits per heavy atom. The monoisotopic (exact) mass is 251 g/mol. The van der Waals surface area contributed by atoms with Gasteiger partial charge in [0.1, 0.15) is 11.1 Å². The quantitative estimate of drug-likeness (QED) is 0.826. The summed E-state index contributed by atoms with van der Waals surface area (Å²) in [5, 5.41) is 23.4. The lowest BCUT2D eigenvalue weighted by Crippen LogP contribution is -2.61. The number of hydrogen-bond donors (Lipinski definition) is 2. The Morgan fingerprint density at radius 3 is 3.06 bits per heavy atom. The van der Waals surface area contributed by atoms with Crippen molar-refractivity contribution >= 4 is 22.2 Å². The van der Waals surface area contributed by atoms with Crippen molar-refractivity contribution in [3.8, 4) is 6.07 Å². The third kappa shape index (κ3) is 2.82. The molecule has 0 atom stereocenters. The highest BCUT2D eigenvalue weighted by atomic mass is 32.1. The van der Waals surface area contributed by atoms with Crippen LogP contribution in [-0.2, 0) is 4.79 Å². The molecule has 0 radical (unpaired) electrons. The van der Waals surface area contributed by atoms with Gasteiger partial charge in [0.05, 0.1) is 17.7 Å². The molecule has 0 saturated carbocycles. The van der Waals surface area contributed by atoms with E-state index in [-0.39, 0.29) is 12.5 Å². The molecule has 0 spiro atoms. The average molecular weight is 251 g/mol. The topological polar surface area (TPSA) is 76.4 Å². The summed E-state index contributed by atoms with van der Waals surface area (Å²) in [6.07, 6.45) is 0. The van der Waals surface area contributed by atoms with E-state index >= 15 is 0 Å². The van der Waals surface area contributed by atoms with Crippen LogP contribution in [0.25, 0.3) is 0 Å². The van der Waals surface area contributed by atoms with Crippen LogP contribution in [0.15, 0.2) is 11.4 Å². The minimum absolute atomic E-state index is 0.153. The van der Waals surface area contributed by atoms with Crippen LogP contribution >= 0.6 is 11.3 Å². The fourth-order valence-electron chi connectivity index (χ4n) is 1.89. The van der Waals surface area contributed by atoms with E-state index in [9.17, 15) is 9.90 Å². The van der Waals surface area contributed by atoms with Gasteiger partial charge >= 0.3 is 0 Å². The molecule has 0 aliphatic carbocycles. The number of amides is 1. The molecule has 2 N–H and O–H groups in total. The zero-order chi connectivity index (χ0) is 12.5. The van der Waals surface area contributed by atoms with Gasteiger partial charge in [0, 0.05) is 13.1 Å². The lowest BCUT2D eigenvalue weighted by Gasteiger charge is -2.43. The molecule has 1 fully saturated rings. The molecule has 1 amide bonds. The van der Waals surface area contributed by atoms with Crippen LogP contribution in [0.5, 0.6) is 0 Å². The molecule has 1 aromatic heterocycles. The summed E-state index contributed by atoms with van der Waals surface area (Å²) in [6, 6.07) is 3.69. The third-order valence-corrected chi connectivity index (χ3v) is 3.36. The Bertz CT molecular complexity index is 467. The first-order chi connectivity index (χ1) is 8.00. The van der Waals surface area contributed by atoms with E-state index in [1.165, 1.54) is 11.3 Å². The summed E-state index contributed by atoms with van der Waals surface area (Å²) in [5.74, 6) is -0.153. The van der Waals surface area contributed by atoms with Crippen molar-refractivity contribution in [1.29, 1.82) is 5.26 Å². The molecule has 0 aromatic carbocycles. The molecular formula is C11H13N3O2S. The van der Waals surface area contributed by atoms with Crippen LogP contribution in [0.1, 0.15) is 12.5 Å². The van der Waals surface area contributed by atoms with Gasteiger partial charge in [-0.15, -0.1) is 11.3 Å². The number of carbonyl (C=O) groups is 1. The van der Waals surface area contributed by atoms with Gasteiger partial charge in [-0.25, -0.2) is 0 Å². The number of hydrogen-bond acceptors (Lipinski definition) is 5. The van der Waals surface area contributed by atoms with Gasteiger partial charge in [-0.05, 0) is 18.4 Å². The maximum atomic E-state index is 11.7. The number of likely N-dealkylation sites (tertiary alicyclic amines) is 1. The molecule has 5 nitrogen and oxygen atoms in total. The fraction of sp³-hybridized carbons (Fsp3) is 0.455. The first-order valence-electron chi connectivity index (χ1n) is 5.22. The Morgan fingerprint density at radius 2 is 2.47 bits per heavy atom. The summed E-state index contributed by atoms with van der Waals surface area (Å²) in [6.45, 7) is 3.01. The molecular weight excluding hydrogens is 238 g/mol. The van der Waals surface area contributed by atoms with Gasteiger partial charge in [-0.2, -0.15) is 5.26 Å². The molecule has 1 aromatic rings. The highest BCUT2D eigenvalue weighted by Crippen LogP contribution is 2.23. The van der Waals surface area contributed by atoms with Crippen molar-refractivity contribution in [2.75, 3.05) is 25.0 Å². The molecule has 0 unspecified atom stereocenters. The van der Waals surface area contributed by atoms with Gasteiger partial charge in [0.25, 0.3) is 0 Å². The predicted molar refractivity (Wildman–Crippen MR) is 64.7 cm³/mol. The lowest BCUT2D eigenvalue weighted by molar-refractivity contribution is -0.125. The van der Waals surface area contributed by atoms with Crippen molar-refractivity contribution < 1.29 is 9.90 Å². The fourth-order valence-corrected chi connectivity index (χ4v) is 2.65. The van der Waals surface area contributed by atoms with E-state index in [2.05, 4.69) is 5.32 Å². The Labute approximate surface area is 103 Å². The van der Waals surface area contributed by atoms with Gasteiger partial charge in [0.15, 0.2) is 0 Å². The number of rotatable bonds is 3. The highest BCUT2D eigenvalue weighted by Gasteiger charge is 2.37. The summed E-state index contributed by atoms with van der Waals surface area (Å²) in [4.78, 5) is 13.5. The smallest absolute Gasteiger partial charge is 0.239 e. The number of aliphatic hydroxyl groups is 1. The Hall–Kier alpha value is -1.42. The molecule has 1 aliphatic heterocycles. The van der Waals surface area contributed by atoms with E-state index in [1.807, 2.05) is 11.0 Å². The molecule has 90 valence electrons. The molecule has 17 heavy (non-hydrogen) atoms. The van der Waals surface area contributed by atoms with Gasteiger partial charge in [0.2, 0.25) is 5.91 Å². The molecule has 1 aliphatic rings. The summed E-state index contributed by atoms with van der Waals surface area (Å²) < 4.78 is 0. The highest BCUT2D eigenvalue weighted by molar-refractivity contribution is 7.14. The van der Waals surface area contributed by atoms with Gasteiger partial charge in [-0.3, -0.25) is 9.69 Å². The Balaban J connectivity index is 1.85. The minimum Gasteiger partial charge on any atom is -0.388 e. The van der Waals surface area contributed by atoms with E-state index < -0.39 is 5.60 Å². The summed E-state index contributed by atoms with van der Waals surface area (Å²) in [7, 11) is 0. The number of β-amino-alcohol motifs (C(OH)–C–C–N with tert-alkyl or cyclic N) is 1. The van der Waals surface area contributed by atoms with Crippen molar-refractivity contribution in [3.63, 3.8) is 0 Å². The van der Waals surface area contributed by atoms with Crippen molar-refractivity contribution in [2.45, 2.75) is 12.5 Å². The maximum Gasteiger partial charge on any atom is 0.239 e. The van der Waals surface area contributed by atoms with E-state index in [1.54, 1.807) is 18.4 Å². The van der Waals surface area contributed by atoms with E-state index in [0.29, 0.717) is 23.7 Å². The first kappa shape index (κ1) is 12.0. The van der Waals surface area contributed by atoms with E-state index in [0.717, 1.165) is 0 Å². The number of anilines is 1. The van der Waals surface area contributed by atoms with Gasteiger partial charge < -0.3 is 10.4 Å². The lowest BCUT2D eigenvalue weighted by atomic mass is 9.97. The largest absolute Gasteiger partial charge is 0.388 e. The Kier molecular flexibility index (Phi) is 3.15. The SMILES string of the molecule is CC1(O)CN(CC(=O)Nc2sccc2C#N)C1. The third-order valence-electron chi connectivity index (χ3n) is 2.53. The van der Waals surface area contributed by atoms with Crippen molar-refractivity contribution in [1.82, 2.24) is 4.90 Å². The zero-order valence-electron chi connectivity index (χ0n) is 9.43. The molecule has 2 heterocycles. The predicted octanol–water partition coefficient (Wildman–Crippen LogP) is 0.625. The molecule has 0 bridgehead atoms. The first-order valence-corrected chi connectivity index (χ1v) is 6.10.